The number of benzene rings is 4. The summed E-state index contributed by atoms with van der Waals surface area (Å²) in [6.07, 6.45) is 8.14. The molecule has 75 heavy (non-hydrogen) atoms. The number of piperidine rings is 1. The lowest BCUT2D eigenvalue weighted by atomic mass is 9.95. The summed E-state index contributed by atoms with van der Waals surface area (Å²) in [4.78, 5) is 86.2. The summed E-state index contributed by atoms with van der Waals surface area (Å²) in [6.45, 7) is 3.03. The fourth-order valence-electron chi connectivity index (χ4n) is 8.75. The smallest absolute Gasteiger partial charge is 0.290 e. The molecule has 3 aliphatic rings. The zero-order valence-corrected chi connectivity index (χ0v) is 41.8. The van der Waals surface area contributed by atoms with Crippen molar-refractivity contribution >= 4 is 70.6 Å². The third-order valence-electron chi connectivity index (χ3n) is 12.4. The first-order valence-electron chi connectivity index (χ1n) is 24.6. The Kier molecular flexibility index (Phi) is 20.4. The van der Waals surface area contributed by atoms with Crippen LogP contribution in [0, 0.1) is 11.6 Å². The molecule has 18 nitrogen and oxygen atoms in total. The first-order valence-corrected chi connectivity index (χ1v) is 25.0. The maximum atomic E-state index is 14.9. The number of fused-ring (bicyclic) bond motifs is 4. The van der Waals surface area contributed by atoms with Crippen molar-refractivity contribution in [3.05, 3.63) is 135 Å². The lowest BCUT2D eigenvalue weighted by Crippen LogP contribution is -2.52. The Labute approximate surface area is 436 Å². The molecule has 5 N–H and O–H groups in total. The molecule has 21 heteroatoms. The molecule has 0 spiro atoms. The fourth-order valence-corrected chi connectivity index (χ4v) is 8.92. The van der Waals surface area contributed by atoms with Gasteiger partial charge in [0, 0.05) is 88.5 Å². The van der Waals surface area contributed by atoms with Gasteiger partial charge in [0.25, 0.3) is 18.3 Å². The minimum Gasteiger partial charge on any atom is -0.483 e. The topological polar surface area (TPSA) is 240 Å². The van der Waals surface area contributed by atoms with E-state index in [1.165, 1.54) is 23.1 Å². The monoisotopic (exact) mass is 1050 g/mol. The summed E-state index contributed by atoms with van der Waals surface area (Å²) < 4.78 is 46.7. The van der Waals surface area contributed by atoms with Gasteiger partial charge in [-0.3, -0.25) is 39.1 Å². The maximum Gasteiger partial charge on any atom is 0.290 e. The van der Waals surface area contributed by atoms with Gasteiger partial charge in [0.1, 0.15) is 17.7 Å². The summed E-state index contributed by atoms with van der Waals surface area (Å²) in [7, 11) is 0. The predicted molar refractivity (Wildman–Crippen MR) is 275 cm³/mol. The van der Waals surface area contributed by atoms with Crippen LogP contribution in [0.25, 0.3) is 11.3 Å². The van der Waals surface area contributed by atoms with Crippen LogP contribution >= 0.6 is 11.6 Å². The third-order valence-corrected chi connectivity index (χ3v) is 12.7. The van der Waals surface area contributed by atoms with E-state index in [0.717, 1.165) is 38.5 Å². The second-order valence-electron chi connectivity index (χ2n) is 17.6. The van der Waals surface area contributed by atoms with Gasteiger partial charge in [0.15, 0.2) is 0 Å². The van der Waals surface area contributed by atoms with Crippen LogP contribution < -0.4 is 21.3 Å². The molecule has 4 heterocycles. The first-order chi connectivity index (χ1) is 36.4. The molecule has 0 aliphatic carbocycles. The van der Waals surface area contributed by atoms with Crippen LogP contribution in [-0.4, -0.2) is 114 Å². The number of carbonyl (C=O) groups is 6. The van der Waals surface area contributed by atoms with Crippen molar-refractivity contribution in [1.29, 1.82) is 0 Å². The van der Waals surface area contributed by atoms with E-state index < -0.39 is 23.6 Å². The average molecular weight is 1050 g/mol. The van der Waals surface area contributed by atoms with Crippen LogP contribution in [0.2, 0.25) is 5.02 Å². The molecule has 0 bridgehead atoms. The van der Waals surface area contributed by atoms with Crippen LogP contribution in [0.3, 0.4) is 0 Å². The van der Waals surface area contributed by atoms with E-state index in [1.807, 2.05) is 0 Å². The number of imide groups is 1. The van der Waals surface area contributed by atoms with E-state index in [1.54, 1.807) is 66.9 Å². The number of ether oxygens (including phenoxy) is 3. The molecule has 3 aliphatic heterocycles. The zero-order chi connectivity index (χ0) is 53.1. The van der Waals surface area contributed by atoms with Gasteiger partial charge in [-0.15, -0.1) is 0 Å². The second kappa shape index (κ2) is 27.7. The normalized spacial score (nSPS) is 14.5. The van der Waals surface area contributed by atoms with Gasteiger partial charge in [0.05, 0.1) is 56.5 Å². The molecule has 1 atom stereocenters. The Morgan fingerprint density at radius 1 is 0.827 bits per heavy atom. The van der Waals surface area contributed by atoms with Crippen LogP contribution in [0.15, 0.2) is 90.1 Å². The van der Waals surface area contributed by atoms with Crippen molar-refractivity contribution in [2.75, 3.05) is 56.8 Å². The summed E-state index contributed by atoms with van der Waals surface area (Å²) in [6, 6.07) is 20.0. The highest BCUT2D eigenvalue weighted by atomic mass is 35.5. The van der Waals surface area contributed by atoms with Crippen LogP contribution in [0.1, 0.15) is 101 Å². The molecule has 5 aromatic rings. The molecular formula is C54H57ClF2N8O10. The summed E-state index contributed by atoms with van der Waals surface area (Å²) in [5.74, 6) is -2.65. The Hall–Kier alpha value is -7.52. The third kappa shape index (κ3) is 15.1. The number of amides is 5. The SMILES string of the molecule is O=C1CCC(N2Cc3c(NC(=O)CCCCCCCCOCCOCCOCCNC(=O)c4ccc(Nc5ncc6c(n5)-c5ccc(Cl)cc5C(c5c(F)cccc5F)=NC6)cc4)cccc3C2=O)C(=O)N1.O=CO. The Bertz CT molecular complexity index is 2870. The Morgan fingerprint density at radius 3 is 2.24 bits per heavy atom. The second-order valence-corrected chi connectivity index (χ2v) is 18.0. The number of rotatable bonds is 24. The number of carbonyl (C=O) groups excluding carboxylic acids is 5. The molecule has 0 saturated carbocycles. The number of unbranched alkanes of at least 4 members (excludes halogenated alkanes) is 5. The standard InChI is InChI=1S/C53H55ClF2N8O8.CH2O2/c54-35-16-19-37-39(29-35)49(47-41(55)10-8-11-42(47)56)58-30-34-31-59-53(63-48(34)37)60-36-17-14-33(15-18-36)50(67)57-22-24-71-26-28-72-27-25-70-23-6-4-2-1-3-5-13-45(65)61-43-12-7-9-38-40(43)32-64(52(38)69)44-20-21-46(66)62-51(44)68;2-1-3/h7-12,14-19,29,31,44H,1-6,13,20-28,30,32H2,(H,57,67)(H,61,65)(H,59,60,63)(H,62,66,68);1H,(H,2,3). The molecule has 0 radical (unpaired) electrons. The average Bonchev–Trinajstić information content (AvgIpc) is 3.65. The van der Waals surface area contributed by atoms with Crippen LogP contribution in [-0.2, 0) is 46.5 Å². The predicted octanol–water partition coefficient (Wildman–Crippen LogP) is 7.78. The van der Waals surface area contributed by atoms with Crippen molar-refractivity contribution in [2.45, 2.75) is 76.9 Å². The molecular weight excluding hydrogens is 994 g/mol. The quantitative estimate of drug-likeness (QED) is 0.0226. The molecule has 5 amide bonds. The van der Waals surface area contributed by atoms with E-state index in [-0.39, 0.29) is 73.3 Å². The number of halogens is 3. The van der Waals surface area contributed by atoms with Gasteiger partial charge in [-0.2, -0.15) is 0 Å². The molecule has 1 saturated heterocycles. The number of nitrogens with zero attached hydrogens (tertiary/aromatic N) is 4. The fraction of sp³-hybridized carbons (Fsp3) is 0.352. The number of nitrogens with one attached hydrogen (secondary N) is 4. The molecule has 1 aromatic heterocycles. The van der Waals surface area contributed by atoms with Gasteiger partial charge in [-0.1, -0.05) is 55.5 Å². The molecule has 394 valence electrons. The minimum atomic E-state index is -0.737. The van der Waals surface area contributed by atoms with Crippen molar-refractivity contribution in [1.82, 2.24) is 25.5 Å². The number of carboxylic acid groups (broad SMARTS) is 1. The highest BCUT2D eigenvalue weighted by Crippen LogP contribution is 2.36. The lowest BCUT2D eigenvalue weighted by molar-refractivity contribution is -0.137. The summed E-state index contributed by atoms with van der Waals surface area (Å²) in [5, 5.41) is 18.5. The van der Waals surface area contributed by atoms with E-state index >= 15 is 0 Å². The van der Waals surface area contributed by atoms with Crippen molar-refractivity contribution in [2.24, 2.45) is 4.99 Å². The van der Waals surface area contributed by atoms with E-state index in [9.17, 15) is 32.8 Å². The first kappa shape index (κ1) is 55.2. The van der Waals surface area contributed by atoms with Gasteiger partial charge < -0.3 is 40.2 Å². The number of aliphatic imine (C=N–C) groups is 1. The molecule has 1 unspecified atom stereocenters. The minimum absolute atomic E-state index is 0.0926. The van der Waals surface area contributed by atoms with Gasteiger partial charge in [0.2, 0.25) is 23.7 Å². The number of aromatic nitrogens is 2. The Balaban J connectivity index is 0.00000267. The highest BCUT2D eigenvalue weighted by molar-refractivity contribution is 6.31. The lowest BCUT2D eigenvalue weighted by Gasteiger charge is -2.29. The largest absolute Gasteiger partial charge is 0.483 e. The van der Waals surface area contributed by atoms with Crippen LogP contribution in [0.5, 0.6) is 0 Å². The Morgan fingerprint density at radius 2 is 1.51 bits per heavy atom. The van der Waals surface area contributed by atoms with Gasteiger partial charge in [-0.05, 0) is 79.9 Å². The molecule has 8 rings (SSSR count). The van der Waals surface area contributed by atoms with E-state index in [4.69, 9.17) is 40.7 Å². The molecule has 4 aromatic carbocycles. The molecule has 1 fully saturated rings. The van der Waals surface area contributed by atoms with E-state index in [0.29, 0.717) is 108 Å². The zero-order valence-electron chi connectivity index (χ0n) is 41.0. The van der Waals surface area contributed by atoms with Crippen molar-refractivity contribution < 1.29 is 56.9 Å². The number of hydrogen-bond acceptors (Lipinski definition) is 13. The number of hydrogen-bond donors (Lipinski definition) is 5. The maximum absolute atomic E-state index is 14.9. The summed E-state index contributed by atoms with van der Waals surface area (Å²) in [5.41, 5.74) is 4.96. The number of anilines is 3. The van der Waals surface area contributed by atoms with E-state index in [2.05, 4.69) is 31.2 Å². The van der Waals surface area contributed by atoms with Crippen molar-refractivity contribution in [3.8, 4) is 11.3 Å². The van der Waals surface area contributed by atoms with Crippen molar-refractivity contribution in [3.63, 3.8) is 0 Å². The summed E-state index contributed by atoms with van der Waals surface area (Å²) >= 11 is 6.34. The van der Waals surface area contributed by atoms with Gasteiger partial charge in [-0.25, -0.2) is 18.7 Å². The van der Waals surface area contributed by atoms with Gasteiger partial charge >= 0.3 is 0 Å². The highest BCUT2D eigenvalue weighted by Gasteiger charge is 2.40. The van der Waals surface area contributed by atoms with Crippen LogP contribution in [0.4, 0.5) is 26.1 Å².